The minimum Gasteiger partial charge on any atom is -0.451 e. The molecule has 0 saturated carbocycles. The van der Waals surface area contributed by atoms with Crippen molar-refractivity contribution < 1.29 is 12.8 Å². The number of aromatic amines is 1. The van der Waals surface area contributed by atoms with Crippen LogP contribution in [0.1, 0.15) is 0 Å². The zero-order valence-electron chi connectivity index (χ0n) is 11.9. The van der Waals surface area contributed by atoms with Gasteiger partial charge in [-0.05, 0) is 25.2 Å². The lowest BCUT2D eigenvalue weighted by Crippen LogP contribution is -2.24. The Morgan fingerprint density at radius 3 is 2.82 bits per heavy atom. The summed E-state index contributed by atoms with van der Waals surface area (Å²) in [5, 5.41) is 6.70. The molecule has 22 heavy (non-hydrogen) atoms. The molecule has 0 aliphatic rings. The van der Waals surface area contributed by atoms with Gasteiger partial charge in [0.05, 0.1) is 5.75 Å². The Hall–Kier alpha value is -2.39. The Morgan fingerprint density at radius 2 is 2.09 bits per heavy atom. The number of imidazole rings is 1. The van der Waals surface area contributed by atoms with Gasteiger partial charge in [0.15, 0.2) is 17.3 Å². The fraction of sp³-hybridized carbons (Fsp3) is 0.231. The molecule has 0 unspecified atom stereocenters. The van der Waals surface area contributed by atoms with Crippen LogP contribution in [0.5, 0.6) is 0 Å². The van der Waals surface area contributed by atoms with Crippen LogP contribution >= 0.6 is 0 Å². The predicted molar refractivity (Wildman–Crippen MR) is 80.4 cm³/mol. The Labute approximate surface area is 127 Å². The second-order valence-electron chi connectivity index (χ2n) is 4.60. The summed E-state index contributed by atoms with van der Waals surface area (Å²) < 4.78 is 32.8. The molecule has 3 aromatic heterocycles. The number of furan rings is 1. The number of hydrogen-bond acceptors (Lipinski definition) is 5. The first-order valence-electron chi connectivity index (χ1n) is 6.61. The van der Waals surface area contributed by atoms with Crippen molar-refractivity contribution in [3.8, 4) is 23.0 Å². The van der Waals surface area contributed by atoms with Crippen molar-refractivity contribution in [1.82, 2.24) is 24.5 Å². The molecule has 0 spiro atoms. The van der Waals surface area contributed by atoms with E-state index in [9.17, 15) is 8.42 Å². The minimum absolute atomic E-state index is 0.0268. The first kappa shape index (κ1) is 14.5. The van der Waals surface area contributed by atoms with Crippen molar-refractivity contribution in [1.29, 1.82) is 0 Å². The lowest BCUT2D eigenvalue weighted by molar-refractivity contribution is 0.572. The van der Waals surface area contributed by atoms with Gasteiger partial charge in [-0.25, -0.2) is 18.1 Å². The normalized spacial score (nSPS) is 11.9. The second-order valence-corrected chi connectivity index (χ2v) is 6.65. The maximum absolute atomic E-state index is 11.5. The molecule has 0 aliphatic heterocycles. The van der Waals surface area contributed by atoms with E-state index in [4.69, 9.17) is 4.42 Å². The van der Waals surface area contributed by atoms with Crippen LogP contribution in [0.4, 0.5) is 0 Å². The van der Waals surface area contributed by atoms with Gasteiger partial charge < -0.3 is 8.98 Å². The van der Waals surface area contributed by atoms with Crippen LogP contribution in [0.25, 0.3) is 23.0 Å². The molecule has 0 atom stereocenters. The number of nitrogens with zero attached hydrogens (tertiary/aromatic N) is 3. The van der Waals surface area contributed by atoms with Gasteiger partial charge in [0.1, 0.15) is 5.69 Å². The van der Waals surface area contributed by atoms with E-state index in [1.54, 1.807) is 35.3 Å². The van der Waals surface area contributed by atoms with Gasteiger partial charge in [0.25, 0.3) is 0 Å². The molecular formula is C13H15N5O3S. The lowest BCUT2D eigenvalue weighted by Gasteiger charge is -2.06. The van der Waals surface area contributed by atoms with Gasteiger partial charge in [0.2, 0.25) is 10.0 Å². The Kier molecular flexibility index (Phi) is 3.82. The fourth-order valence-electron chi connectivity index (χ4n) is 2.03. The molecule has 0 fully saturated rings. The van der Waals surface area contributed by atoms with E-state index in [1.165, 1.54) is 7.05 Å². The zero-order chi connectivity index (χ0) is 15.6. The number of nitrogens with one attached hydrogen (secondary N) is 2. The van der Waals surface area contributed by atoms with E-state index in [0.29, 0.717) is 23.9 Å². The first-order chi connectivity index (χ1) is 10.6. The smallest absolute Gasteiger partial charge is 0.213 e. The number of rotatable bonds is 6. The lowest BCUT2D eigenvalue weighted by atomic mass is 10.3. The molecule has 0 aliphatic carbocycles. The topological polar surface area (TPSA) is 106 Å². The molecule has 0 radical (unpaired) electrons. The Bertz CT molecular complexity index is 848. The van der Waals surface area contributed by atoms with Crippen LogP contribution < -0.4 is 4.72 Å². The van der Waals surface area contributed by atoms with Crippen LogP contribution in [0, 0.1) is 0 Å². The van der Waals surface area contributed by atoms with Crippen LogP contribution in [0.15, 0.2) is 41.2 Å². The minimum atomic E-state index is -3.27. The quantitative estimate of drug-likeness (QED) is 0.707. The maximum Gasteiger partial charge on any atom is 0.213 e. The van der Waals surface area contributed by atoms with E-state index in [2.05, 4.69) is 19.9 Å². The highest BCUT2D eigenvalue weighted by atomic mass is 32.2. The Balaban J connectivity index is 1.83. The van der Waals surface area contributed by atoms with Crippen molar-refractivity contribution in [3.05, 3.63) is 36.8 Å². The van der Waals surface area contributed by atoms with Gasteiger partial charge in [-0.3, -0.25) is 5.10 Å². The largest absolute Gasteiger partial charge is 0.451 e. The maximum atomic E-state index is 11.5. The number of sulfonamides is 1. The highest BCUT2D eigenvalue weighted by molar-refractivity contribution is 7.89. The third kappa shape index (κ3) is 2.95. The van der Waals surface area contributed by atoms with Crippen LogP contribution in [-0.4, -0.2) is 41.0 Å². The third-order valence-corrected chi connectivity index (χ3v) is 4.56. The second kappa shape index (κ2) is 5.78. The molecule has 3 heterocycles. The molecule has 0 aromatic carbocycles. The highest BCUT2D eigenvalue weighted by Crippen LogP contribution is 2.26. The average Bonchev–Trinajstić information content (AvgIpc) is 3.23. The molecule has 8 nitrogen and oxygen atoms in total. The van der Waals surface area contributed by atoms with E-state index in [1.807, 2.05) is 6.07 Å². The van der Waals surface area contributed by atoms with Gasteiger partial charge in [0, 0.05) is 25.1 Å². The molecule has 0 saturated heterocycles. The van der Waals surface area contributed by atoms with Gasteiger partial charge in [-0.2, -0.15) is 5.10 Å². The molecular weight excluding hydrogens is 306 g/mol. The summed E-state index contributed by atoms with van der Waals surface area (Å²) in [5.74, 6) is 1.76. The molecule has 116 valence electrons. The van der Waals surface area contributed by atoms with Gasteiger partial charge in [-0.1, -0.05) is 0 Å². The van der Waals surface area contributed by atoms with Crippen molar-refractivity contribution >= 4 is 10.0 Å². The molecule has 0 bridgehead atoms. The summed E-state index contributed by atoms with van der Waals surface area (Å²) in [6.07, 6.45) is 4.97. The predicted octanol–water partition coefficient (Wildman–Crippen LogP) is 1.08. The summed E-state index contributed by atoms with van der Waals surface area (Å²) in [7, 11) is -1.87. The molecule has 2 N–H and O–H groups in total. The SMILES string of the molecule is CNS(=O)(=O)CCn1ccnc1-c1ccc(-c2ccn[nH]2)o1. The van der Waals surface area contributed by atoms with Crippen molar-refractivity contribution in [2.75, 3.05) is 12.8 Å². The van der Waals surface area contributed by atoms with E-state index < -0.39 is 10.0 Å². The molecule has 3 rings (SSSR count). The van der Waals surface area contributed by atoms with E-state index in [-0.39, 0.29) is 5.75 Å². The molecule has 0 amide bonds. The molecule has 3 aromatic rings. The average molecular weight is 321 g/mol. The summed E-state index contributed by atoms with van der Waals surface area (Å²) in [6, 6.07) is 5.41. The number of hydrogen-bond donors (Lipinski definition) is 2. The number of aromatic nitrogens is 4. The number of H-pyrrole nitrogens is 1. The van der Waals surface area contributed by atoms with Crippen LogP contribution in [0.2, 0.25) is 0 Å². The van der Waals surface area contributed by atoms with Gasteiger partial charge in [-0.15, -0.1) is 0 Å². The highest BCUT2D eigenvalue weighted by Gasteiger charge is 2.14. The van der Waals surface area contributed by atoms with Crippen molar-refractivity contribution in [2.24, 2.45) is 0 Å². The van der Waals surface area contributed by atoms with Gasteiger partial charge >= 0.3 is 0 Å². The third-order valence-electron chi connectivity index (χ3n) is 3.22. The fourth-order valence-corrected chi connectivity index (χ4v) is 2.67. The monoisotopic (exact) mass is 321 g/mol. The van der Waals surface area contributed by atoms with E-state index in [0.717, 1.165) is 5.69 Å². The Morgan fingerprint density at radius 1 is 1.27 bits per heavy atom. The summed E-state index contributed by atoms with van der Waals surface area (Å²) in [5.41, 5.74) is 0.766. The summed E-state index contributed by atoms with van der Waals surface area (Å²) in [4.78, 5) is 4.24. The van der Waals surface area contributed by atoms with Crippen LogP contribution in [-0.2, 0) is 16.6 Å². The van der Waals surface area contributed by atoms with Crippen molar-refractivity contribution in [2.45, 2.75) is 6.54 Å². The first-order valence-corrected chi connectivity index (χ1v) is 8.26. The van der Waals surface area contributed by atoms with E-state index >= 15 is 0 Å². The zero-order valence-corrected chi connectivity index (χ0v) is 12.7. The number of aryl methyl sites for hydroxylation is 1. The van der Waals surface area contributed by atoms with Crippen molar-refractivity contribution in [3.63, 3.8) is 0 Å². The molecule has 9 heteroatoms. The standard InChI is InChI=1S/C13H15N5O3S/c1-14-22(19,20)9-8-18-7-6-15-13(18)12-3-2-11(21-12)10-4-5-16-17-10/h2-7,14H,8-9H2,1H3,(H,16,17). The summed E-state index contributed by atoms with van der Waals surface area (Å²) >= 11 is 0. The summed E-state index contributed by atoms with van der Waals surface area (Å²) in [6.45, 7) is 0.290. The van der Waals surface area contributed by atoms with Crippen LogP contribution in [0.3, 0.4) is 0 Å².